The van der Waals surface area contributed by atoms with Crippen molar-refractivity contribution in [1.82, 2.24) is 9.88 Å². The van der Waals surface area contributed by atoms with E-state index in [1.54, 1.807) is 4.90 Å². The Balaban J connectivity index is 1.67. The van der Waals surface area contributed by atoms with E-state index in [1.165, 1.54) is 0 Å². The van der Waals surface area contributed by atoms with E-state index in [0.29, 0.717) is 12.1 Å². The number of fused-ring (bicyclic) bond motifs is 3. The lowest BCUT2D eigenvalue weighted by Crippen LogP contribution is -2.57. The Kier molecular flexibility index (Phi) is 5.29. The van der Waals surface area contributed by atoms with Crippen molar-refractivity contribution in [2.24, 2.45) is 0 Å². The normalized spacial score (nSPS) is 22.4. The molecule has 0 amide bonds. The molecule has 3 heterocycles. The van der Waals surface area contributed by atoms with Gasteiger partial charge in [-0.15, -0.1) is 0 Å². The highest BCUT2D eigenvalue weighted by molar-refractivity contribution is 5.86. The van der Waals surface area contributed by atoms with Crippen LogP contribution in [0.4, 0.5) is 13.2 Å². The molecule has 5 rings (SSSR count). The van der Waals surface area contributed by atoms with Crippen LogP contribution in [0.25, 0.3) is 17.0 Å². The molecule has 0 spiro atoms. The van der Waals surface area contributed by atoms with Crippen molar-refractivity contribution in [2.75, 3.05) is 19.8 Å². The fraction of sp³-hybridized carbons (Fsp3) is 0.320. The SMILES string of the molecule is C[C@@H]1Cc2c([nH]c3ccccc23)[C@@H](c2c(F)cc(/C=C/C(=O)O)cc2F)N1CC1(F)COC1. The molecule has 0 aliphatic carbocycles. The van der Waals surface area contributed by atoms with Crippen LogP contribution in [-0.2, 0) is 16.0 Å². The van der Waals surface area contributed by atoms with Gasteiger partial charge in [-0.3, -0.25) is 4.90 Å². The predicted octanol–water partition coefficient (Wildman–Crippen LogP) is 4.62. The van der Waals surface area contributed by atoms with E-state index in [2.05, 4.69) is 4.98 Å². The summed E-state index contributed by atoms with van der Waals surface area (Å²) in [5.41, 5.74) is 0.789. The molecule has 0 radical (unpaired) electrons. The second-order valence-electron chi connectivity index (χ2n) is 8.90. The second-order valence-corrected chi connectivity index (χ2v) is 8.90. The minimum absolute atomic E-state index is 0.0206. The number of para-hydroxylation sites is 1. The third kappa shape index (κ3) is 3.83. The number of carboxylic acid groups (broad SMARTS) is 1. The van der Waals surface area contributed by atoms with Gasteiger partial charge in [0.2, 0.25) is 0 Å². The van der Waals surface area contributed by atoms with Gasteiger partial charge in [0.1, 0.15) is 11.6 Å². The number of rotatable bonds is 5. The quantitative estimate of drug-likeness (QED) is 0.550. The number of hydrogen-bond acceptors (Lipinski definition) is 3. The summed E-state index contributed by atoms with van der Waals surface area (Å²) in [5.74, 6) is -2.84. The highest BCUT2D eigenvalue weighted by Crippen LogP contribution is 2.44. The average Bonchev–Trinajstić information content (AvgIpc) is 3.10. The van der Waals surface area contributed by atoms with Crippen LogP contribution in [0.5, 0.6) is 0 Å². The van der Waals surface area contributed by atoms with Gasteiger partial charge >= 0.3 is 5.97 Å². The largest absolute Gasteiger partial charge is 0.478 e. The predicted molar refractivity (Wildman–Crippen MR) is 118 cm³/mol. The van der Waals surface area contributed by atoms with E-state index in [1.807, 2.05) is 31.2 Å². The van der Waals surface area contributed by atoms with Gasteiger partial charge in [0.15, 0.2) is 5.67 Å². The number of aromatic amines is 1. The second kappa shape index (κ2) is 8.04. The first-order chi connectivity index (χ1) is 15.8. The first-order valence-corrected chi connectivity index (χ1v) is 10.8. The van der Waals surface area contributed by atoms with E-state index in [4.69, 9.17) is 9.84 Å². The summed E-state index contributed by atoms with van der Waals surface area (Å²) < 4.78 is 51.1. The molecule has 8 heteroatoms. The highest BCUT2D eigenvalue weighted by Gasteiger charge is 2.46. The van der Waals surface area contributed by atoms with E-state index in [9.17, 15) is 4.79 Å². The number of carboxylic acids is 1. The molecule has 0 unspecified atom stereocenters. The Morgan fingerprint density at radius 2 is 1.97 bits per heavy atom. The minimum atomic E-state index is -1.58. The van der Waals surface area contributed by atoms with Gasteiger partial charge in [-0.1, -0.05) is 18.2 Å². The van der Waals surface area contributed by atoms with Crippen molar-refractivity contribution >= 4 is 22.9 Å². The highest BCUT2D eigenvalue weighted by atomic mass is 19.1. The van der Waals surface area contributed by atoms with E-state index in [-0.39, 0.29) is 36.9 Å². The maximum absolute atomic E-state index is 15.4. The number of carbonyl (C=O) groups is 1. The Morgan fingerprint density at radius 3 is 2.61 bits per heavy atom. The maximum atomic E-state index is 15.4. The molecule has 172 valence electrons. The number of hydrogen-bond donors (Lipinski definition) is 2. The molecule has 2 atom stereocenters. The van der Waals surface area contributed by atoms with Crippen LogP contribution >= 0.6 is 0 Å². The molecule has 1 saturated heterocycles. The summed E-state index contributed by atoms with van der Waals surface area (Å²) in [4.78, 5) is 15.9. The smallest absolute Gasteiger partial charge is 0.328 e. The van der Waals surface area contributed by atoms with Crippen molar-refractivity contribution in [2.45, 2.75) is 31.1 Å². The summed E-state index contributed by atoms with van der Waals surface area (Å²) in [6, 6.07) is 8.82. The van der Waals surface area contributed by atoms with E-state index < -0.39 is 29.3 Å². The molecule has 3 aromatic rings. The number of benzene rings is 2. The summed E-state index contributed by atoms with van der Waals surface area (Å²) in [7, 11) is 0. The lowest BCUT2D eigenvalue weighted by molar-refractivity contribution is -0.148. The van der Waals surface area contributed by atoms with Crippen molar-refractivity contribution < 1.29 is 27.8 Å². The number of nitrogens with one attached hydrogen (secondary N) is 1. The number of alkyl halides is 1. The van der Waals surface area contributed by atoms with Gasteiger partial charge in [0, 0.05) is 40.8 Å². The lowest BCUT2D eigenvalue weighted by atomic mass is 9.86. The molecular weight excluding hydrogens is 433 g/mol. The Morgan fingerprint density at radius 1 is 1.27 bits per heavy atom. The molecule has 2 aliphatic heterocycles. The zero-order valence-electron chi connectivity index (χ0n) is 17.9. The maximum Gasteiger partial charge on any atom is 0.328 e. The van der Waals surface area contributed by atoms with Crippen LogP contribution in [0.1, 0.15) is 35.3 Å². The fourth-order valence-electron chi connectivity index (χ4n) is 4.94. The van der Waals surface area contributed by atoms with Crippen molar-refractivity contribution in [3.05, 3.63) is 76.5 Å². The summed E-state index contributed by atoms with van der Waals surface area (Å²) in [6.45, 7) is 1.81. The number of halogens is 3. The third-order valence-corrected chi connectivity index (χ3v) is 6.50. The first kappa shape index (κ1) is 21.7. The standard InChI is InChI=1S/C25H23F3N2O3/c1-14-8-17-16-4-2-3-5-20(16)29-23(17)24(30(14)11-25(28)12-33-13-25)22-18(26)9-15(10-19(22)27)6-7-21(31)32/h2-7,9-10,14,24,29H,8,11-13H2,1H3,(H,31,32)/b7-6+/t14-,24-/m1/s1. The number of ether oxygens (including phenoxy) is 1. The van der Waals surface area contributed by atoms with Crippen molar-refractivity contribution in [3.63, 3.8) is 0 Å². The molecule has 5 nitrogen and oxygen atoms in total. The minimum Gasteiger partial charge on any atom is -0.478 e. The zero-order chi connectivity index (χ0) is 23.3. The van der Waals surface area contributed by atoms with Gasteiger partial charge in [0.05, 0.1) is 19.3 Å². The number of nitrogens with zero attached hydrogens (tertiary/aromatic N) is 1. The van der Waals surface area contributed by atoms with Crippen LogP contribution in [0.15, 0.2) is 42.5 Å². The Bertz CT molecular complexity index is 1240. The topological polar surface area (TPSA) is 65.6 Å². The lowest BCUT2D eigenvalue weighted by Gasteiger charge is -2.46. The van der Waals surface area contributed by atoms with Crippen molar-refractivity contribution in [3.8, 4) is 0 Å². The monoisotopic (exact) mass is 456 g/mol. The van der Waals surface area contributed by atoms with E-state index in [0.717, 1.165) is 40.8 Å². The number of aliphatic carboxylic acids is 1. The molecule has 2 aliphatic rings. The summed E-state index contributed by atoms with van der Waals surface area (Å²) >= 11 is 0. The van der Waals surface area contributed by atoms with E-state index >= 15 is 13.2 Å². The summed E-state index contributed by atoms with van der Waals surface area (Å²) in [6.07, 6.45) is 2.56. The molecule has 1 aromatic heterocycles. The van der Waals surface area contributed by atoms with Gasteiger partial charge in [0.25, 0.3) is 0 Å². The molecule has 0 bridgehead atoms. The Hall–Kier alpha value is -3.10. The number of aromatic nitrogens is 1. The van der Waals surface area contributed by atoms with Gasteiger partial charge in [-0.05, 0) is 48.7 Å². The summed E-state index contributed by atoms with van der Waals surface area (Å²) in [5, 5.41) is 9.80. The van der Waals surface area contributed by atoms with Gasteiger partial charge in [-0.25, -0.2) is 18.0 Å². The Labute approximate surface area is 188 Å². The van der Waals surface area contributed by atoms with Crippen molar-refractivity contribution in [1.29, 1.82) is 0 Å². The van der Waals surface area contributed by atoms with Crippen LogP contribution in [0, 0.1) is 11.6 Å². The molecular formula is C25H23F3N2O3. The average molecular weight is 456 g/mol. The van der Waals surface area contributed by atoms with Gasteiger partial charge < -0.3 is 14.8 Å². The third-order valence-electron chi connectivity index (χ3n) is 6.50. The van der Waals surface area contributed by atoms with Crippen LogP contribution in [0.3, 0.4) is 0 Å². The number of H-pyrrole nitrogens is 1. The molecule has 2 aromatic carbocycles. The molecule has 2 N–H and O–H groups in total. The molecule has 0 saturated carbocycles. The first-order valence-electron chi connectivity index (χ1n) is 10.8. The fourth-order valence-corrected chi connectivity index (χ4v) is 4.94. The molecule has 1 fully saturated rings. The van der Waals surface area contributed by atoms with Crippen LogP contribution in [-0.4, -0.2) is 52.4 Å². The van der Waals surface area contributed by atoms with Gasteiger partial charge in [-0.2, -0.15) is 0 Å². The zero-order valence-corrected chi connectivity index (χ0v) is 17.9. The van der Waals surface area contributed by atoms with Crippen LogP contribution < -0.4 is 0 Å². The molecule has 33 heavy (non-hydrogen) atoms. The van der Waals surface area contributed by atoms with Crippen LogP contribution in [0.2, 0.25) is 0 Å².